The topological polar surface area (TPSA) is 77.6 Å². The predicted octanol–water partition coefficient (Wildman–Crippen LogP) is 3.14. The molecule has 4 heterocycles. The summed E-state index contributed by atoms with van der Waals surface area (Å²) in [5.41, 5.74) is 4.60. The molecule has 1 aliphatic heterocycles. The first-order chi connectivity index (χ1) is 13.7. The molecule has 28 heavy (non-hydrogen) atoms. The Morgan fingerprint density at radius 3 is 2.82 bits per heavy atom. The first kappa shape index (κ1) is 16.4. The summed E-state index contributed by atoms with van der Waals surface area (Å²) in [7, 11) is 1.84. The van der Waals surface area contributed by atoms with Gasteiger partial charge in [0, 0.05) is 43.5 Å². The summed E-state index contributed by atoms with van der Waals surface area (Å²) >= 11 is 0. The van der Waals surface area contributed by atoms with Crippen molar-refractivity contribution in [3.8, 4) is 17.1 Å². The van der Waals surface area contributed by atoms with Gasteiger partial charge < -0.3 is 5.32 Å². The average Bonchev–Trinajstić information content (AvgIpc) is 3.37. The highest BCUT2D eigenvalue weighted by molar-refractivity contribution is 5.96. The van der Waals surface area contributed by atoms with Crippen molar-refractivity contribution >= 4 is 11.7 Å². The number of anilines is 1. The second-order valence-electron chi connectivity index (χ2n) is 6.80. The maximum atomic E-state index is 12.4. The quantitative estimate of drug-likeness (QED) is 0.601. The van der Waals surface area contributed by atoms with Crippen LogP contribution >= 0.6 is 0 Å². The third-order valence-corrected chi connectivity index (χ3v) is 5.03. The summed E-state index contributed by atoms with van der Waals surface area (Å²) in [5.74, 6) is 0.605. The van der Waals surface area contributed by atoms with E-state index in [0.717, 1.165) is 34.0 Å². The van der Waals surface area contributed by atoms with Gasteiger partial charge in [-0.1, -0.05) is 18.2 Å². The van der Waals surface area contributed by atoms with Gasteiger partial charge in [0.25, 0.3) is 0 Å². The molecule has 1 amide bonds. The van der Waals surface area contributed by atoms with Crippen molar-refractivity contribution in [2.45, 2.75) is 12.3 Å². The van der Waals surface area contributed by atoms with Crippen molar-refractivity contribution in [1.29, 1.82) is 0 Å². The number of hydrogen-bond donors (Lipinski definition) is 1. The number of pyridine rings is 1. The lowest BCUT2D eigenvalue weighted by atomic mass is 9.85. The van der Waals surface area contributed by atoms with Crippen LogP contribution in [0, 0.1) is 0 Å². The molecule has 1 atom stereocenters. The molecule has 1 aliphatic rings. The smallest absolute Gasteiger partial charge is 0.226 e. The lowest BCUT2D eigenvalue weighted by Gasteiger charge is -2.24. The Balaban J connectivity index is 1.67. The Labute approximate surface area is 161 Å². The molecular formula is C21H18N6O. The van der Waals surface area contributed by atoms with Gasteiger partial charge in [-0.05, 0) is 35.9 Å². The number of hydrogen-bond acceptors (Lipinski definition) is 4. The Kier molecular flexibility index (Phi) is 3.79. The van der Waals surface area contributed by atoms with Gasteiger partial charge in [0.05, 0.1) is 11.4 Å². The molecule has 0 bridgehead atoms. The highest BCUT2D eigenvalue weighted by atomic mass is 16.1. The number of benzene rings is 1. The van der Waals surface area contributed by atoms with Crippen molar-refractivity contribution in [2.75, 3.05) is 5.32 Å². The molecule has 3 aromatic heterocycles. The number of rotatable bonds is 3. The van der Waals surface area contributed by atoms with Crippen molar-refractivity contribution in [3.05, 3.63) is 78.2 Å². The maximum absolute atomic E-state index is 12.4. The molecule has 7 nitrogen and oxygen atoms in total. The molecular weight excluding hydrogens is 352 g/mol. The lowest BCUT2D eigenvalue weighted by Crippen LogP contribution is -2.24. The van der Waals surface area contributed by atoms with E-state index in [-0.39, 0.29) is 11.8 Å². The van der Waals surface area contributed by atoms with Crippen LogP contribution in [0.1, 0.15) is 23.5 Å². The van der Waals surface area contributed by atoms with Crippen LogP contribution in [0.15, 0.2) is 67.1 Å². The van der Waals surface area contributed by atoms with Crippen molar-refractivity contribution in [3.63, 3.8) is 0 Å². The van der Waals surface area contributed by atoms with Crippen molar-refractivity contribution in [2.24, 2.45) is 7.05 Å². The van der Waals surface area contributed by atoms with E-state index in [1.807, 2.05) is 54.3 Å². The SMILES string of the molecule is Cn1nc(-c2ccccn2)c2c1NC(=O)CC2c1cccc(-n2cccn2)c1. The molecule has 4 aromatic rings. The predicted molar refractivity (Wildman–Crippen MR) is 105 cm³/mol. The highest BCUT2D eigenvalue weighted by Crippen LogP contribution is 2.42. The van der Waals surface area contributed by atoms with Crippen molar-refractivity contribution in [1.82, 2.24) is 24.5 Å². The van der Waals surface area contributed by atoms with E-state index < -0.39 is 0 Å². The summed E-state index contributed by atoms with van der Waals surface area (Å²) in [6.45, 7) is 0. The Morgan fingerprint density at radius 1 is 1.11 bits per heavy atom. The molecule has 1 N–H and O–H groups in total. The molecule has 5 rings (SSSR count). The number of amides is 1. The summed E-state index contributed by atoms with van der Waals surface area (Å²) < 4.78 is 3.54. The summed E-state index contributed by atoms with van der Waals surface area (Å²) in [6, 6.07) is 15.8. The van der Waals surface area contributed by atoms with E-state index in [1.165, 1.54) is 0 Å². The van der Waals surface area contributed by atoms with E-state index in [0.29, 0.717) is 6.42 Å². The average molecular weight is 370 g/mol. The first-order valence-corrected chi connectivity index (χ1v) is 9.09. The van der Waals surface area contributed by atoms with Crippen LogP contribution < -0.4 is 5.32 Å². The Hall–Kier alpha value is -3.74. The van der Waals surface area contributed by atoms with E-state index in [9.17, 15) is 4.79 Å². The zero-order valence-corrected chi connectivity index (χ0v) is 15.3. The second-order valence-corrected chi connectivity index (χ2v) is 6.80. The van der Waals surface area contributed by atoms with E-state index >= 15 is 0 Å². The minimum atomic E-state index is -0.107. The molecule has 138 valence electrons. The van der Waals surface area contributed by atoms with Crippen LogP contribution in [0.3, 0.4) is 0 Å². The van der Waals surface area contributed by atoms with E-state index in [2.05, 4.69) is 32.6 Å². The molecule has 0 fully saturated rings. The molecule has 1 unspecified atom stereocenters. The number of aryl methyl sites for hydroxylation is 1. The lowest BCUT2D eigenvalue weighted by molar-refractivity contribution is -0.116. The molecule has 0 saturated carbocycles. The summed E-state index contributed by atoms with van der Waals surface area (Å²) in [6.07, 6.45) is 5.77. The summed E-state index contributed by atoms with van der Waals surface area (Å²) in [4.78, 5) is 16.9. The van der Waals surface area contributed by atoms with E-state index in [1.54, 1.807) is 17.1 Å². The molecule has 0 spiro atoms. The fourth-order valence-corrected chi connectivity index (χ4v) is 3.77. The van der Waals surface area contributed by atoms with Crippen LogP contribution in [-0.2, 0) is 11.8 Å². The summed E-state index contributed by atoms with van der Waals surface area (Å²) in [5, 5.41) is 12.0. The molecule has 0 radical (unpaired) electrons. The number of aromatic nitrogens is 5. The Bertz CT molecular complexity index is 1150. The zero-order valence-electron chi connectivity index (χ0n) is 15.3. The normalized spacial score (nSPS) is 15.9. The van der Waals surface area contributed by atoms with Gasteiger partial charge in [0.2, 0.25) is 5.91 Å². The first-order valence-electron chi connectivity index (χ1n) is 9.09. The largest absolute Gasteiger partial charge is 0.311 e. The van der Waals surface area contributed by atoms with Gasteiger partial charge in [-0.2, -0.15) is 10.2 Å². The van der Waals surface area contributed by atoms with Crippen LogP contribution in [0.25, 0.3) is 17.1 Å². The standard InChI is InChI=1S/C21H18N6O/c1-26-21-19(20(25-26)17-8-2-3-9-22-17)16(13-18(28)24-21)14-6-4-7-15(12-14)27-11-5-10-23-27/h2-12,16H,13H2,1H3,(H,24,28). The van der Waals surface area contributed by atoms with E-state index in [4.69, 9.17) is 0 Å². The second kappa shape index (κ2) is 6.45. The van der Waals surface area contributed by atoms with Gasteiger partial charge in [0.15, 0.2) is 0 Å². The zero-order chi connectivity index (χ0) is 19.1. The van der Waals surface area contributed by atoms with Crippen LogP contribution in [0.2, 0.25) is 0 Å². The monoisotopic (exact) mass is 370 g/mol. The Morgan fingerprint density at radius 2 is 2.04 bits per heavy atom. The van der Waals surface area contributed by atoms with Gasteiger partial charge in [-0.25, -0.2) is 4.68 Å². The van der Waals surface area contributed by atoms with Crippen LogP contribution in [0.4, 0.5) is 5.82 Å². The fourth-order valence-electron chi connectivity index (χ4n) is 3.77. The van der Waals surface area contributed by atoms with Gasteiger partial charge in [0.1, 0.15) is 11.5 Å². The highest BCUT2D eigenvalue weighted by Gasteiger charge is 2.33. The number of nitrogens with zero attached hydrogens (tertiary/aromatic N) is 5. The number of carbonyl (C=O) groups excluding carboxylic acids is 1. The molecule has 1 aromatic carbocycles. The van der Waals surface area contributed by atoms with Crippen molar-refractivity contribution < 1.29 is 4.79 Å². The molecule has 0 saturated heterocycles. The van der Waals surface area contributed by atoms with Crippen LogP contribution in [-0.4, -0.2) is 30.5 Å². The van der Waals surface area contributed by atoms with Gasteiger partial charge in [-0.15, -0.1) is 0 Å². The number of carbonyl (C=O) groups is 1. The van der Waals surface area contributed by atoms with Crippen LogP contribution in [0.5, 0.6) is 0 Å². The number of nitrogens with one attached hydrogen (secondary N) is 1. The molecule has 7 heteroatoms. The molecule has 0 aliphatic carbocycles. The maximum Gasteiger partial charge on any atom is 0.226 e. The minimum absolute atomic E-state index is 0.0161. The number of fused-ring (bicyclic) bond motifs is 1. The minimum Gasteiger partial charge on any atom is -0.311 e. The van der Waals surface area contributed by atoms with Gasteiger partial charge >= 0.3 is 0 Å². The fraction of sp³-hybridized carbons (Fsp3) is 0.143. The third kappa shape index (κ3) is 2.68. The van der Waals surface area contributed by atoms with Gasteiger partial charge in [-0.3, -0.25) is 14.5 Å². The third-order valence-electron chi connectivity index (χ3n) is 5.03.